The molecule has 0 saturated heterocycles. The van der Waals surface area contributed by atoms with Crippen LogP contribution >= 0.6 is 0 Å². The zero-order chi connectivity index (χ0) is 21.3. The number of aryl methyl sites for hydroxylation is 1. The summed E-state index contributed by atoms with van der Waals surface area (Å²) in [6.45, 7) is -1.17. The second-order valence-electron chi connectivity index (χ2n) is 6.17. The van der Waals surface area contributed by atoms with Crippen molar-refractivity contribution in [2.45, 2.75) is 20.0 Å². The van der Waals surface area contributed by atoms with E-state index in [0.29, 0.717) is 6.42 Å². The smallest absolute Gasteiger partial charge is 0.387 e. The number of ether oxygens (including phenoxy) is 1. The van der Waals surface area contributed by atoms with Gasteiger partial charge in [-0.1, -0.05) is 19.1 Å². The fraction of sp³-hybridized carbons (Fsp3) is 0.158. The van der Waals surface area contributed by atoms with Crippen molar-refractivity contribution in [1.82, 2.24) is 24.5 Å². The first-order valence-electron chi connectivity index (χ1n) is 8.94. The lowest BCUT2D eigenvalue weighted by Gasteiger charge is -2.11. The summed E-state index contributed by atoms with van der Waals surface area (Å²) in [5, 5.41) is 2.79. The molecule has 2 aromatic carbocycles. The Labute approximate surface area is 168 Å². The summed E-state index contributed by atoms with van der Waals surface area (Å²) < 4.78 is 44.4. The number of nitrogen functional groups attached to an aromatic ring is 1. The van der Waals surface area contributed by atoms with Crippen molar-refractivity contribution < 1.29 is 17.9 Å². The van der Waals surface area contributed by atoms with Gasteiger partial charge in [0.1, 0.15) is 5.82 Å². The molecule has 0 bridgehead atoms. The number of benzene rings is 2. The number of rotatable bonds is 6. The Hall–Kier alpha value is -3.89. The van der Waals surface area contributed by atoms with E-state index in [0.717, 1.165) is 29.0 Å². The number of hydrogen-bond acceptors (Lipinski definition) is 7. The summed E-state index contributed by atoms with van der Waals surface area (Å²) in [5.74, 6) is -0.555. The third-order valence-electron chi connectivity index (χ3n) is 4.19. The lowest BCUT2D eigenvalue weighted by Crippen LogP contribution is -2.11. The number of nitrogens with two attached hydrogens (primary N) is 1. The first kappa shape index (κ1) is 19.4. The number of nitrogens with one attached hydrogen (secondary N) is 1. The Morgan fingerprint density at radius 3 is 2.63 bits per heavy atom. The van der Waals surface area contributed by atoms with E-state index in [9.17, 15) is 13.2 Å². The van der Waals surface area contributed by atoms with Crippen LogP contribution in [0.4, 0.5) is 30.8 Å². The van der Waals surface area contributed by atoms with E-state index in [1.54, 1.807) is 4.57 Å². The highest BCUT2D eigenvalue weighted by Crippen LogP contribution is 2.25. The van der Waals surface area contributed by atoms with Crippen LogP contribution in [0.5, 0.6) is 5.75 Å². The van der Waals surface area contributed by atoms with E-state index in [2.05, 4.69) is 30.0 Å². The Kier molecular flexibility index (Phi) is 5.09. The lowest BCUT2D eigenvalue weighted by atomic mass is 10.3. The standard InChI is InChI=1S/C19H16F3N7O/c1-2-15-25-12-5-3-4-6-13(12)29(15)19-27-17(23)26-18(28-19)24-10-7-8-14(11(20)9-10)30-16(21)22/h3-9,16H,2H2,1H3,(H3,23,24,26,27,28). The van der Waals surface area contributed by atoms with Gasteiger partial charge < -0.3 is 15.8 Å². The number of hydrogen-bond donors (Lipinski definition) is 2. The number of aromatic nitrogens is 5. The molecule has 3 N–H and O–H groups in total. The van der Waals surface area contributed by atoms with Crippen LogP contribution in [-0.4, -0.2) is 31.1 Å². The monoisotopic (exact) mass is 415 g/mol. The lowest BCUT2D eigenvalue weighted by molar-refractivity contribution is -0.0521. The van der Waals surface area contributed by atoms with E-state index < -0.39 is 18.2 Å². The second kappa shape index (κ2) is 7.85. The van der Waals surface area contributed by atoms with Gasteiger partial charge in [-0.25, -0.2) is 9.37 Å². The van der Waals surface area contributed by atoms with Crippen LogP contribution in [0, 0.1) is 5.82 Å². The van der Waals surface area contributed by atoms with Crippen molar-refractivity contribution in [3.63, 3.8) is 0 Å². The van der Waals surface area contributed by atoms with Gasteiger partial charge in [-0.3, -0.25) is 4.57 Å². The van der Waals surface area contributed by atoms with Crippen LogP contribution in [0.2, 0.25) is 0 Å². The van der Waals surface area contributed by atoms with Gasteiger partial charge >= 0.3 is 6.61 Å². The van der Waals surface area contributed by atoms with E-state index in [1.165, 1.54) is 6.07 Å². The molecule has 0 atom stereocenters. The summed E-state index contributed by atoms with van der Waals surface area (Å²) in [7, 11) is 0. The molecule has 0 aliphatic carbocycles. The molecule has 0 radical (unpaired) electrons. The molecule has 11 heteroatoms. The van der Waals surface area contributed by atoms with Gasteiger partial charge in [-0.15, -0.1) is 0 Å². The Bertz CT molecular complexity index is 1210. The number of anilines is 3. The molecule has 2 aromatic heterocycles. The minimum Gasteiger partial charge on any atom is -0.432 e. The highest BCUT2D eigenvalue weighted by Gasteiger charge is 2.16. The van der Waals surface area contributed by atoms with E-state index in [1.807, 2.05) is 31.2 Å². The normalized spacial score (nSPS) is 11.2. The number of nitrogens with zero attached hydrogens (tertiary/aromatic N) is 5. The van der Waals surface area contributed by atoms with Crippen molar-refractivity contribution in [1.29, 1.82) is 0 Å². The number of para-hydroxylation sites is 2. The quantitative estimate of drug-likeness (QED) is 0.493. The molecule has 30 heavy (non-hydrogen) atoms. The van der Waals surface area contributed by atoms with Crippen molar-refractivity contribution in [3.8, 4) is 11.7 Å². The van der Waals surface area contributed by atoms with Gasteiger partial charge in [0, 0.05) is 18.2 Å². The number of alkyl halides is 2. The molecule has 0 saturated carbocycles. The first-order chi connectivity index (χ1) is 14.4. The van der Waals surface area contributed by atoms with E-state index in [4.69, 9.17) is 5.73 Å². The maximum atomic E-state index is 14.0. The van der Waals surface area contributed by atoms with Crippen LogP contribution in [-0.2, 0) is 6.42 Å². The summed E-state index contributed by atoms with van der Waals surface area (Å²) in [4.78, 5) is 17.2. The topological polar surface area (TPSA) is 104 Å². The average molecular weight is 415 g/mol. The Morgan fingerprint density at radius 2 is 1.90 bits per heavy atom. The minimum atomic E-state index is -3.12. The average Bonchev–Trinajstić information content (AvgIpc) is 3.08. The molecule has 0 spiro atoms. The maximum Gasteiger partial charge on any atom is 0.387 e. The summed E-state index contributed by atoms with van der Waals surface area (Å²) in [6.07, 6.45) is 0.625. The largest absolute Gasteiger partial charge is 0.432 e. The zero-order valence-electron chi connectivity index (χ0n) is 15.7. The fourth-order valence-electron chi connectivity index (χ4n) is 2.97. The molecular formula is C19H16F3N7O. The Morgan fingerprint density at radius 1 is 1.10 bits per heavy atom. The van der Waals surface area contributed by atoms with Crippen LogP contribution in [0.25, 0.3) is 17.0 Å². The van der Waals surface area contributed by atoms with Crippen molar-refractivity contribution in [2.75, 3.05) is 11.1 Å². The highest BCUT2D eigenvalue weighted by molar-refractivity contribution is 5.77. The molecule has 0 unspecified atom stereocenters. The van der Waals surface area contributed by atoms with Crippen molar-refractivity contribution in [2.24, 2.45) is 0 Å². The number of imidazole rings is 1. The number of halogens is 3. The van der Waals surface area contributed by atoms with Crippen LogP contribution in [0.3, 0.4) is 0 Å². The third-order valence-corrected chi connectivity index (χ3v) is 4.19. The van der Waals surface area contributed by atoms with Crippen LogP contribution in [0.15, 0.2) is 42.5 Å². The zero-order valence-corrected chi connectivity index (χ0v) is 15.7. The highest BCUT2D eigenvalue weighted by atomic mass is 19.3. The molecular weight excluding hydrogens is 399 g/mol. The predicted octanol–water partition coefficient (Wildman–Crippen LogP) is 3.84. The molecule has 4 aromatic rings. The summed E-state index contributed by atoms with van der Waals surface area (Å²) in [5.41, 5.74) is 7.64. The van der Waals surface area contributed by atoms with Crippen LogP contribution < -0.4 is 15.8 Å². The summed E-state index contributed by atoms with van der Waals surface area (Å²) >= 11 is 0. The molecule has 0 aliphatic rings. The van der Waals surface area contributed by atoms with Gasteiger partial charge in [-0.2, -0.15) is 23.7 Å². The van der Waals surface area contributed by atoms with E-state index >= 15 is 0 Å². The van der Waals surface area contributed by atoms with Crippen molar-refractivity contribution >= 4 is 28.6 Å². The molecule has 4 rings (SSSR count). The van der Waals surface area contributed by atoms with Crippen LogP contribution in [0.1, 0.15) is 12.7 Å². The fourth-order valence-corrected chi connectivity index (χ4v) is 2.97. The van der Waals surface area contributed by atoms with Gasteiger partial charge in [-0.05, 0) is 24.3 Å². The van der Waals surface area contributed by atoms with Gasteiger partial charge in [0.25, 0.3) is 0 Å². The molecule has 0 aliphatic heterocycles. The number of fused-ring (bicyclic) bond motifs is 1. The molecule has 0 amide bonds. The molecule has 0 fully saturated rings. The molecule has 2 heterocycles. The van der Waals surface area contributed by atoms with Crippen molar-refractivity contribution in [3.05, 3.63) is 54.1 Å². The molecule has 8 nitrogen and oxygen atoms in total. The van der Waals surface area contributed by atoms with E-state index in [-0.39, 0.29) is 23.5 Å². The molecule has 154 valence electrons. The maximum absolute atomic E-state index is 14.0. The van der Waals surface area contributed by atoms with Gasteiger partial charge in [0.2, 0.25) is 17.8 Å². The second-order valence-corrected chi connectivity index (χ2v) is 6.17. The first-order valence-corrected chi connectivity index (χ1v) is 8.94. The SMILES string of the molecule is CCc1nc2ccccc2n1-c1nc(N)nc(Nc2ccc(OC(F)F)c(F)c2)n1. The minimum absolute atomic E-state index is 0.0549. The van der Waals surface area contributed by atoms with Gasteiger partial charge in [0.15, 0.2) is 11.6 Å². The third kappa shape index (κ3) is 3.81. The van der Waals surface area contributed by atoms with Gasteiger partial charge in [0.05, 0.1) is 11.0 Å². The predicted molar refractivity (Wildman–Crippen MR) is 105 cm³/mol. The Balaban J connectivity index is 1.71. The summed E-state index contributed by atoms with van der Waals surface area (Å²) in [6, 6.07) is 10.9.